The molecule has 1 saturated carbocycles. The van der Waals surface area contributed by atoms with Gasteiger partial charge in [-0.2, -0.15) is 0 Å². The van der Waals surface area contributed by atoms with E-state index in [1.165, 1.54) is 0 Å². The second-order valence-electron chi connectivity index (χ2n) is 3.38. The van der Waals surface area contributed by atoms with Crippen molar-refractivity contribution in [3.8, 4) is 0 Å². The van der Waals surface area contributed by atoms with Crippen LogP contribution in [0.25, 0.3) is 0 Å². The molecule has 1 aromatic rings. The van der Waals surface area contributed by atoms with Gasteiger partial charge in [0, 0.05) is 10.9 Å². The Bertz CT molecular complexity index is 373. The molecule has 0 heterocycles. The molecule has 14 heavy (non-hydrogen) atoms. The number of ketones is 1. The van der Waals surface area contributed by atoms with Gasteiger partial charge in [-0.05, 0) is 25.0 Å². The van der Waals surface area contributed by atoms with Gasteiger partial charge in [-0.1, -0.05) is 34.8 Å². The summed E-state index contributed by atoms with van der Waals surface area (Å²) in [5.74, 6) is 0.155. The van der Waals surface area contributed by atoms with Gasteiger partial charge in [0.2, 0.25) is 0 Å². The molecular weight excluding hydrogens is 242 g/mol. The lowest BCUT2D eigenvalue weighted by atomic mass is 10.1. The standard InChI is InChI=1S/C10H7Cl3O/c11-6-3-7(12)9(8(13)4-6)10(14)5-1-2-5/h3-5H,1-2H2. The molecule has 0 amide bonds. The lowest BCUT2D eigenvalue weighted by Gasteiger charge is -2.05. The molecule has 1 fully saturated rings. The first-order chi connectivity index (χ1) is 6.59. The number of halogens is 3. The van der Waals surface area contributed by atoms with Crippen molar-refractivity contribution in [3.05, 3.63) is 32.8 Å². The average Bonchev–Trinajstić information content (AvgIpc) is 2.83. The zero-order valence-electron chi connectivity index (χ0n) is 7.19. The molecule has 1 nitrogen and oxygen atoms in total. The zero-order chi connectivity index (χ0) is 10.3. The van der Waals surface area contributed by atoms with Crippen LogP contribution in [0.15, 0.2) is 12.1 Å². The van der Waals surface area contributed by atoms with E-state index in [0.29, 0.717) is 20.6 Å². The van der Waals surface area contributed by atoms with Crippen molar-refractivity contribution in [3.63, 3.8) is 0 Å². The zero-order valence-corrected chi connectivity index (χ0v) is 9.46. The minimum Gasteiger partial charge on any atom is -0.294 e. The summed E-state index contributed by atoms with van der Waals surface area (Å²) >= 11 is 17.6. The number of carbonyl (C=O) groups is 1. The first kappa shape index (κ1) is 10.3. The summed E-state index contributed by atoms with van der Waals surface area (Å²) in [5, 5.41) is 1.14. The lowest BCUT2D eigenvalue weighted by Crippen LogP contribution is -2.03. The summed E-state index contributed by atoms with van der Waals surface area (Å²) in [6, 6.07) is 3.09. The van der Waals surface area contributed by atoms with E-state index in [4.69, 9.17) is 34.8 Å². The number of hydrogen-bond donors (Lipinski definition) is 0. The van der Waals surface area contributed by atoms with Crippen LogP contribution in [0.5, 0.6) is 0 Å². The Kier molecular flexibility index (Phi) is 2.74. The van der Waals surface area contributed by atoms with Crippen molar-refractivity contribution < 1.29 is 4.79 Å². The van der Waals surface area contributed by atoms with Gasteiger partial charge in [0.1, 0.15) is 0 Å². The largest absolute Gasteiger partial charge is 0.294 e. The Morgan fingerprint density at radius 1 is 1.14 bits per heavy atom. The first-order valence-electron chi connectivity index (χ1n) is 4.28. The van der Waals surface area contributed by atoms with E-state index >= 15 is 0 Å². The number of benzene rings is 1. The second kappa shape index (κ2) is 3.73. The Labute approximate surface area is 97.0 Å². The minimum atomic E-state index is 0.0386. The molecule has 1 aliphatic carbocycles. The fraction of sp³-hybridized carbons (Fsp3) is 0.300. The number of hydrogen-bond acceptors (Lipinski definition) is 1. The van der Waals surface area contributed by atoms with Crippen LogP contribution in [0.4, 0.5) is 0 Å². The Hall–Kier alpha value is -0.240. The molecule has 4 heteroatoms. The van der Waals surface area contributed by atoms with E-state index in [0.717, 1.165) is 12.8 Å². The maximum absolute atomic E-state index is 11.7. The molecule has 2 rings (SSSR count). The van der Waals surface area contributed by atoms with E-state index in [-0.39, 0.29) is 11.7 Å². The third-order valence-electron chi connectivity index (χ3n) is 2.20. The molecule has 0 spiro atoms. The Balaban J connectivity index is 2.45. The minimum absolute atomic E-state index is 0.0386. The van der Waals surface area contributed by atoms with Gasteiger partial charge in [0.05, 0.1) is 15.6 Å². The van der Waals surface area contributed by atoms with Crippen molar-refractivity contribution in [1.29, 1.82) is 0 Å². The molecular formula is C10H7Cl3O. The number of carbonyl (C=O) groups excluding carboxylic acids is 1. The van der Waals surface area contributed by atoms with Gasteiger partial charge < -0.3 is 0 Å². The van der Waals surface area contributed by atoms with E-state index < -0.39 is 0 Å². The van der Waals surface area contributed by atoms with Crippen molar-refractivity contribution in [2.45, 2.75) is 12.8 Å². The summed E-state index contributed by atoms with van der Waals surface area (Å²) in [7, 11) is 0. The normalized spacial score (nSPS) is 15.6. The highest BCUT2D eigenvalue weighted by molar-refractivity contribution is 6.42. The molecule has 0 unspecified atom stereocenters. The first-order valence-corrected chi connectivity index (χ1v) is 5.41. The smallest absolute Gasteiger partial charge is 0.168 e. The predicted molar refractivity (Wildman–Crippen MR) is 58.5 cm³/mol. The van der Waals surface area contributed by atoms with Crippen LogP contribution in [0.3, 0.4) is 0 Å². The third-order valence-corrected chi connectivity index (χ3v) is 3.02. The maximum atomic E-state index is 11.7. The van der Waals surface area contributed by atoms with E-state index in [2.05, 4.69) is 0 Å². The molecule has 0 aliphatic heterocycles. The van der Waals surface area contributed by atoms with Gasteiger partial charge in [-0.3, -0.25) is 4.79 Å². The SMILES string of the molecule is O=C(c1c(Cl)cc(Cl)cc1Cl)C1CC1. The molecule has 0 atom stereocenters. The molecule has 0 bridgehead atoms. The number of Topliss-reactive ketones (excluding diaryl/α,β-unsaturated/α-hetero) is 1. The highest BCUT2D eigenvalue weighted by atomic mass is 35.5. The summed E-state index contributed by atoms with van der Waals surface area (Å²) in [4.78, 5) is 11.7. The van der Waals surface area contributed by atoms with Crippen LogP contribution in [-0.2, 0) is 0 Å². The highest BCUT2D eigenvalue weighted by Gasteiger charge is 2.32. The second-order valence-corrected chi connectivity index (χ2v) is 4.63. The van der Waals surface area contributed by atoms with Crippen molar-refractivity contribution in [1.82, 2.24) is 0 Å². The van der Waals surface area contributed by atoms with Crippen molar-refractivity contribution in [2.75, 3.05) is 0 Å². The summed E-state index contributed by atoms with van der Waals surface area (Å²) in [6.07, 6.45) is 1.88. The monoisotopic (exact) mass is 248 g/mol. The molecule has 1 aromatic carbocycles. The van der Waals surface area contributed by atoms with Crippen LogP contribution in [0.2, 0.25) is 15.1 Å². The van der Waals surface area contributed by atoms with Crippen LogP contribution < -0.4 is 0 Å². The molecule has 0 aromatic heterocycles. The Morgan fingerprint density at radius 2 is 1.64 bits per heavy atom. The molecule has 0 radical (unpaired) electrons. The molecule has 0 N–H and O–H groups in total. The van der Waals surface area contributed by atoms with Gasteiger partial charge in [-0.25, -0.2) is 0 Å². The van der Waals surface area contributed by atoms with Crippen molar-refractivity contribution >= 4 is 40.6 Å². The highest BCUT2D eigenvalue weighted by Crippen LogP contribution is 2.38. The fourth-order valence-corrected chi connectivity index (χ4v) is 2.33. The van der Waals surface area contributed by atoms with Crippen LogP contribution in [0.1, 0.15) is 23.2 Å². The van der Waals surface area contributed by atoms with Gasteiger partial charge in [-0.15, -0.1) is 0 Å². The van der Waals surface area contributed by atoms with Crippen molar-refractivity contribution in [2.24, 2.45) is 5.92 Å². The summed E-state index contributed by atoms with van der Waals surface area (Å²) < 4.78 is 0. The molecule has 0 saturated heterocycles. The summed E-state index contributed by atoms with van der Waals surface area (Å²) in [6.45, 7) is 0. The van der Waals surface area contributed by atoms with Crippen LogP contribution in [0, 0.1) is 5.92 Å². The molecule has 1 aliphatic rings. The van der Waals surface area contributed by atoms with Crippen LogP contribution in [-0.4, -0.2) is 5.78 Å². The third kappa shape index (κ3) is 1.90. The van der Waals surface area contributed by atoms with Gasteiger partial charge in [0.15, 0.2) is 5.78 Å². The lowest BCUT2D eigenvalue weighted by molar-refractivity contribution is 0.0968. The average molecular weight is 250 g/mol. The van der Waals surface area contributed by atoms with E-state index in [9.17, 15) is 4.79 Å². The van der Waals surface area contributed by atoms with E-state index in [1.54, 1.807) is 12.1 Å². The maximum Gasteiger partial charge on any atom is 0.168 e. The predicted octanol–water partition coefficient (Wildman–Crippen LogP) is 4.24. The van der Waals surface area contributed by atoms with Gasteiger partial charge >= 0.3 is 0 Å². The fourth-order valence-electron chi connectivity index (χ4n) is 1.33. The van der Waals surface area contributed by atoms with E-state index in [1.807, 2.05) is 0 Å². The number of rotatable bonds is 2. The molecule has 74 valence electrons. The van der Waals surface area contributed by atoms with Gasteiger partial charge in [0.25, 0.3) is 0 Å². The quantitative estimate of drug-likeness (QED) is 0.717. The van der Waals surface area contributed by atoms with Crippen LogP contribution >= 0.6 is 34.8 Å². The topological polar surface area (TPSA) is 17.1 Å². The summed E-state index contributed by atoms with van der Waals surface area (Å²) in [5.41, 5.74) is 0.417. The Morgan fingerprint density at radius 3 is 2.07 bits per heavy atom.